The Labute approximate surface area is 180 Å². The minimum absolute atomic E-state index is 0.212. The van der Waals surface area contributed by atoms with Gasteiger partial charge in [-0.05, 0) is 49.4 Å². The molecule has 0 aliphatic heterocycles. The lowest BCUT2D eigenvalue weighted by atomic mass is 10.2. The van der Waals surface area contributed by atoms with Crippen LogP contribution >= 0.6 is 0 Å². The van der Waals surface area contributed by atoms with Gasteiger partial charge in [-0.2, -0.15) is 18.2 Å². The molecule has 2 aromatic carbocycles. The van der Waals surface area contributed by atoms with E-state index in [0.29, 0.717) is 29.6 Å². The maximum absolute atomic E-state index is 12.9. The van der Waals surface area contributed by atoms with Crippen molar-refractivity contribution in [2.75, 3.05) is 11.9 Å². The molecule has 4 rings (SSSR count). The third-order valence-electron chi connectivity index (χ3n) is 4.17. The SMILES string of the molecule is CCOc1nccc(Oc2ccc(-c3nnc(Nc4cccc(C(F)(F)F)c4)[nH]3)cc2)n1. The van der Waals surface area contributed by atoms with Crippen molar-refractivity contribution in [2.24, 2.45) is 0 Å². The number of halogens is 3. The number of rotatable bonds is 7. The first kappa shape index (κ1) is 21.1. The second-order valence-electron chi connectivity index (χ2n) is 6.46. The summed E-state index contributed by atoms with van der Waals surface area (Å²) >= 11 is 0. The molecule has 0 atom stereocenters. The number of nitrogens with zero attached hydrogens (tertiary/aromatic N) is 4. The van der Waals surface area contributed by atoms with E-state index in [9.17, 15) is 13.2 Å². The number of aromatic nitrogens is 5. The van der Waals surface area contributed by atoms with Gasteiger partial charge in [0.2, 0.25) is 11.8 Å². The van der Waals surface area contributed by atoms with Crippen molar-refractivity contribution in [1.29, 1.82) is 0 Å². The van der Waals surface area contributed by atoms with Gasteiger partial charge in [-0.25, -0.2) is 4.98 Å². The van der Waals surface area contributed by atoms with Gasteiger partial charge in [-0.3, -0.25) is 0 Å². The minimum Gasteiger partial charge on any atom is -0.464 e. The van der Waals surface area contributed by atoms with Crippen molar-refractivity contribution in [3.8, 4) is 29.0 Å². The Kier molecular flexibility index (Phi) is 5.88. The maximum atomic E-state index is 12.9. The molecule has 0 fully saturated rings. The summed E-state index contributed by atoms with van der Waals surface area (Å²) in [6, 6.07) is 13.6. The van der Waals surface area contributed by atoms with E-state index in [-0.39, 0.29) is 17.6 Å². The Morgan fingerprint density at radius 2 is 1.84 bits per heavy atom. The van der Waals surface area contributed by atoms with E-state index in [1.54, 1.807) is 30.3 Å². The first-order valence-electron chi connectivity index (χ1n) is 9.52. The summed E-state index contributed by atoms with van der Waals surface area (Å²) in [7, 11) is 0. The average Bonchev–Trinajstić information content (AvgIpc) is 3.23. The van der Waals surface area contributed by atoms with E-state index < -0.39 is 11.7 Å². The fraction of sp³-hybridized carbons (Fsp3) is 0.143. The van der Waals surface area contributed by atoms with E-state index >= 15 is 0 Å². The number of nitrogens with one attached hydrogen (secondary N) is 2. The van der Waals surface area contributed by atoms with Gasteiger partial charge >= 0.3 is 12.2 Å². The Morgan fingerprint density at radius 1 is 1.03 bits per heavy atom. The number of H-pyrrole nitrogens is 1. The van der Waals surface area contributed by atoms with Crippen LogP contribution in [0.2, 0.25) is 0 Å². The van der Waals surface area contributed by atoms with E-state index in [1.165, 1.54) is 18.3 Å². The molecule has 0 radical (unpaired) electrons. The summed E-state index contributed by atoms with van der Waals surface area (Å²) < 4.78 is 49.6. The maximum Gasteiger partial charge on any atom is 0.416 e. The van der Waals surface area contributed by atoms with Crippen LogP contribution in [-0.2, 0) is 6.18 Å². The fourth-order valence-electron chi connectivity index (χ4n) is 2.74. The third-order valence-corrected chi connectivity index (χ3v) is 4.17. The summed E-state index contributed by atoms with van der Waals surface area (Å²) in [6.07, 6.45) is -2.89. The molecular formula is C21H17F3N6O2. The van der Waals surface area contributed by atoms with Crippen molar-refractivity contribution in [3.63, 3.8) is 0 Å². The lowest BCUT2D eigenvalue weighted by Gasteiger charge is -2.08. The van der Waals surface area contributed by atoms with Crippen LogP contribution in [0.4, 0.5) is 24.8 Å². The van der Waals surface area contributed by atoms with Gasteiger partial charge in [-0.1, -0.05) is 6.07 Å². The lowest BCUT2D eigenvalue weighted by Crippen LogP contribution is -2.05. The molecule has 32 heavy (non-hydrogen) atoms. The molecule has 0 amide bonds. The third kappa shape index (κ3) is 5.12. The highest BCUT2D eigenvalue weighted by atomic mass is 19.4. The van der Waals surface area contributed by atoms with Crippen molar-refractivity contribution in [2.45, 2.75) is 13.1 Å². The van der Waals surface area contributed by atoms with Gasteiger partial charge in [-0.15, -0.1) is 10.2 Å². The van der Waals surface area contributed by atoms with Gasteiger partial charge in [0.15, 0.2) is 5.82 Å². The molecule has 4 aromatic rings. The molecule has 2 heterocycles. The van der Waals surface area contributed by atoms with Crippen molar-refractivity contribution in [3.05, 3.63) is 66.4 Å². The number of anilines is 2. The molecule has 164 valence electrons. The van der Waals surface area contributed by atoms with Crippen LogP contribution in [0, 0.1) is 0 Å². The van der Waals surface area contributed by atoms with E-state index in [2.05, 4.69) is 30.5 Å². The minimum atomic E-state index is -4.43. The summed E-state index contributed by atoms with van der Waals surface area (Å²) in [5.41, 5.74) is 0.192. The molecule has 0 saturated heterocycles. The monoisotopic (exact) mass is 442 g/mol. The van der Waals surface area contributed by atoms with Gasteiger partial charge in [0, 0.05) is 23.5 Å². The predicted molar refractivity (Wildman–Crippen MR) is 110 cm³/mol. The average molecular weight is 442 g/mol. The topological polar surface area (TPSA) is 97.8 Å². The van der Waals surface area contributed by atoms with Crippen LogP contribution < -0.4 is 14.8 Å². The first-order valence-corrected chi connectivity index (χ1v) is 9.52. The van der Waals surface area contributed by atoms with Crippen molar-refractivity contribution >= 4 is 11.6 Å². The Bertz CT molecular complexity index is 1190. The van der Waals surface area contributed by atoms with Crippen LogP contribution in [0.25, 0.3) is 11.4 Å². The second-order valence-corrected chi connectivity index (χ2v) is 6.46. The number of benzene rings is 2. The first-order chi connectivity index (χ1) is 15.4. The zero-order valence-corrected chi connectivity index (χ0v) is 16.7. The normalized spacial score (nSPS) is 11.2. The Hall–Kier alpha value is -4.15. The van der Waals surface area contributed by atoms with Gasteiger partial charge in [0.1, 0.15) is 5.75 Å². The lowest BCUT2D eigenvalue weighted by molar-refractivity contribution is -0.137. The van der Waals surface area contributed by atoms with Gasteiger partial charge in [0.25, 0.3) is 0 Å². The van der Waals surface area contributed by atoms with Crippen LogP contribution in [-0.4, -0.2) is 31.8 Å². The predicted octanol–water partition coefficient (Wildman–Crippen LogP) is 5.22. The number of hydrogen-bond acceptors (Lipinski definition) is 7. The smallest absolute Gasteiger partial charge is 0.416 e. The number of alkyl halides is 3. The number of hydrogen-bond donors (Lipinski definition) is 2. The summed E-state index contributed by atoms with van der Waals surface area (Å²) in [4.78, 5) is 11.1. The Morgan fingerprint density at radius 3 is 2.59 bits per heavy atom. The quantitative estimate of drug-likeness (QED) is 0.405. The molecule has 11 heteroatoms. The number of aromatic amines is 1. The van der Waals surface area contributed by atoms with Crippen LogP contribution in [0.5, 0.6) is 17.6 Å². The van der Waals surface area contributed by atoms with Crippen LogP contribution in [0.1, 0.15) is 12.5 Å². The highest BCUT2D eigenvalue weighted by Gasteiger charge is 2.30. The number of ether oxygens (including phenoxy) is 2. The summed E-state index contributed by atoms with van der Waals surface area (Å²) in [5.74, 6) is 1.52. The highest BCUT2D eigenvalue weighted by Crippen LogP contribution is 2.31. The molecule has 0 unspecified atom stereocenters. The highest BCUT2D eigenvalue weighted by molar-refractivity contribution is 5.60. The zero-order valence-electron chi connectivity index (χ0n) is 16.7. The molecular weight excluding hydrogens is 425 g/mol. The molecule has 0 aliphatic rings. The van der Waals surface area contributed by atoms with Gasteiger partial charge < -0.3 is 19.8 Å². The molecule has 2 aromatic heterocycles. The fourth-order valence-corrected chi connectivity index (χ4v) is 2.74. The van der Waals surface area contributed by atoms with E-state index in [1.807, 2.05) is 6.92 Å². The van der Waals surface area contributed by atoms with Crippen molar-refractivity contribution in [1.82, 2.24) is 25.1 Å². The molecule has 0 bridgehead atoms. The molecule has 0 spiro atoms. The summed E-state index contributed by atoms with van der Waals surface area (Å²) in [6.45, 7) is 2.28. The molecule has 0 aliphatic carbocycles. The Balaban J connectivity index is 1.44. The zero-order chi connectivity index (χ0) is 22.6. The largest absolute Gasteiger partial charge is 0.464 e. The molecule has 0 saturated carbocycles. The van der Waals surface area contributed by atoms with Crippen LogP contribution in [0.3, 0.4) is 0 Å². The van der Waals surface area contributed by atoms with E-state index in [0.717, 1.165) is 12.1 Å². The standard InChI is InChI=1S/C21H17F3N6O2/c1-2-31-20-25-11-10-17(27-20)32-16-8-6-13(7-9-16)18-28-19(30-29-18)26-15-5-3-4-14(12-15)21(22,23)24/h3-12H,2H2,1H3,(H2,26,28,29,30). The summed E-state index contributed by atoms with van der Waals surface area (Å²) in [5, 5.41) is 10.8. The van der Waals surface area contributed by atoms with E-state index in [4.69, 9.17) is 9.47 Å². The molecule has 8 nitrogen and oxygen atoms in total. The molecule has 2 N–H and O–H groups in total. The van der Waals surface area contributed by atoms with Crippen molar-refractivity contribution < 1.29 is 22.6 Å². The second kappa shape index (κ2) is 8.92. The van der Waals surface area contributed by atoms with Crippen LogP contribution in [0.15, 0.2) is 60.8 Å². The van der Waals surface area contributed by atoms with Gasteiger partial charge in [0.05, 0.1) is 12.2 Å².